The van der Waals surface area contributed by atoms with E-state index in [1.165, 1.54) is 18.7 Å². The number of carbonyl (C=O) groups is 1. The fraction of sp³-hybridized carbons (Fsp3) is 0. The first kappa shape index (κ1) is 10.0. The van der Waals surface area contributed by atoms with E-state index in [0.29, 0.717) is 11.4 Å². The Hall–Kier alpha value is -2.50. The molecule has 1 aromatic carbocycles. The van der Waals surface area contributed by atoms with Crippen molar-refractivity contribution < 1.29 is 9.90 Å². The Kier molecular flexibility index (Phi) is 2.47. The van der Waals surface area contributed by atoms with Gasteiger partial charge < -0.3 is 10.8 Å². The Morgan fingerprint density at radius 1 is 1.25 bits per heavy atom. The van der Waals surface area contributed by atoms with Crippen molar-refractivity contribution >= 4 is 11.7 Å². The molecule has 80 valence electrons. The summed E-state index contributed by atoms with van der Waals surface area (Å²) in [6.07, 6.45) is 2.66. The van der Waals surface area contributed by atoms with Gasteiger partial charge in [-0.05, 0) is 12.1 Å². The zero-order valence-electron chi connectivity index (χ0n) is 8.16. The van der Waals surface area contributed by atoms with Crippen molar-refractivity contribution in [3.05, 3.63) is 36.4 Å². The number of nitrogens with zero attached hydrogens (tertiary/aromatic N) is 3. The van der Waals surface area contributed by atoms with Gasteiger partial charge in [0.05, 0.1) is 11.3 Å². The maximum atomic E-state index is 10.9. The molecule has 0 aliphatic heterocycles. The van der Waals surface area contributed by atoms with Crippen LogP contribution in [-0.4, -0.2) is 26.0 Å². The van der Waals surface area contributed by atoms with Gasteiger partial charge in [0.2, 0.25) is 0 Å². The number of nitrogen functional groups attached to an aromatic ring is 1. The summed E-state index contributed by atoms with van der Waals surface area (Å²) in [4.78, 5) is 22.4. The lowest BCUT2D eigenvalue weighted by molar-refractivity contribution is 0.0698. The van der Waals surface area contributed by atoms with Gasteiger partial charge in [0, 0.05) is 5.56 Å². The summed E-state index contributed by atoms with van der Waals surface area (Å²) in [5.41, 5.74) is 6.42. The van der Waals surface area contributed by atoms with E-state index in [0.717, 1.165) is 0 Å². The SMILES string of the molecule is Nc1c(C(=O)O)cccc1-c1ncncn1. The largest absolute Gasteiger partial charge is 0.478 e. The van der Waals surface area contributed by atoms with E-state index in [2.05, 4.69) is 15.0 Å². The van der Waals surface area contributed by atoms with Gasteiger partial charge >= 0.3 is 5.97 Å². The van der Waals surface area contributed by atoms with E-state index < -0.39 is 5.97 Å². The number of anilines is 1. The molecular formula is C10H8N4O2. The second-order valence-electron chi connectivity index (χ2n) is 3.03. The van der Waals surface area contributed by atoms with Crippen LogP contribution in [-0.2, 0) is 0 Å². The maximum absolute atomic E-state index is 10.9. The highest BCUT2D eigenvalue weighted by atomic mass is 16.4. The zero-order valence-corrected chi connectivity index (χ0v) is 8.16. The molecule has 1 aromatic heterocycles. The Bertz CT molecular complexity index is 528. The number of benzene rings is 1. The van der Waals surface area contributed by atoms with Crippen molar-refractivity contribution in [3.63, 3.8) is 0 Å². The molecule has 1 heterocycles. The third-order valence-corrected chi connectivity index (χ3v) is 2.07. The summed E-state index contributed by atoms with van der Waals surface area (Å²) >= 11 is 0. The van der Waals surface area contributed by atoms with Crippen LogP contribution in [0, 0.1) is 0 Å². The van der Waals surface area contributed by atoms with Gasteiger partial charge in [0.25, 0.3) is 0 Å². The minimum atomic E-state index is -1.08. The lowest BCUT2D eigenvalue weighted by Gasteiger charge is -2.06. The molecule has 2 rings (SSSR count). The van der Waals surface area contributed by atoms with Crippen molar-refractivity contribution in [1.29, 1.82) is 0 Å². The predicted octanol–water partition coefficient (Wildman–Crippen LogP) is 0.819. The van der Waals surface area contributed by atoms with Crippen molar-refractivity contribution in [3.8, 4) is 11.4 Å². The van der Waals surface area contributed by atoms with Gasteiger partial charge in [-0.2, -0.15) is 0 Å². The quantitative estimate of drug-likeness (QED) is 0.720. The van der Waals surface area contributed by atoms with Crippen LogP contribution in [0.1, 0.15) is 10.4 Å². The number of hydrogen-bond donors (Lipinski definition) is 2. The van der Waals surface area contributed by atoms with Crippen molar-refractivity contribution in [2.45, 2.75) is 0 Å². The lowest BCUT2D eigenvalue weighted by atomic mass is 10.1. The molecule has 0 fully saturated rings. The first-order chi connectivity index (χ1) is 7.70. The predicted molar refractivity (Wildman–Crippen MR) is 56.6 cm³/mol. The number of hydrogen-bond acceptors (Lipinski definition) is 5. The van der Waals surface area contributed by atoms with E-state index in [9.17, 15) is 4.79 Å². The molecule has 3 N–H and O–H groups in total. The van der Waals surface area contributed by atoms with E-state index >= 15 is 0 Å². The fourth-order valence-corrected chi connectivity index (χ4v) is 1.32. The van der Waals surface area contributed by atoms with Gasteiger partial charge in [0.1, 0.15) is 12.7 Å². The molecule has 0 aliphatic carbocycles. The molecule has 0 saturated heterocycles. The first-order valence-corrected chi connectivity index (χ1v) is 4.44. The number of para-hydroxylation sites is 1. The topological polar surface area (TPSA) is 102 Å². The van der Waals surface area contributed by atoms with Crippen LogP contribution in [0.15, 0.2) is 30.9 Å². The monoisotopic (exact) mass is 216 g/mol. The minimum absolute atomic E-state index is 0.0397. The van der Waals surface area contributed by atoms with Crippen LogP contribution < -0.4 is 5.73 Å². The molecular weight excluding hydrogens is 208 g/mol. The normalized spacial score (nSPS) is 10.0. The molecule has 16 heavy (non-hydrogen) atoms. The van der Waals surface area contributed by atoms with Gasteiger partial charge in [-0.25, -0.2) is 19.7 Å². The number of nitrogens with two attached hydrogens (primary N) is 1. The molecule has 6 heteroatoms. The van der Waals surface area contributed by atoms with Gasteiger partial charge in [-0.15, -0.1) is 0 Å². The molecule has 0 unspecified atom stereocenters. The van der Waals surface area contributed by atoms with Gasteiger partial charge in [0.15, 0.2) is 5.82 Å². The molecule has 0 aliphatic rings. The molecule has 0 spiro atoms. The summed E-state index contributed by atoms with van der Waals surface area (Å²) in [7, 11) is 0. The molecule has 0 amide bonds. The number of aromatic carboxylic acids is 1. The maximum Gasteiger partial charge on any atom is 0.337 e. The minimum Gasteiger partial charge on any atom is -0.478 e. The highest BCUT2D eigenvalue weighted by Gasteiger charge is 2.13. The molecule has 0 saturated carbocycles. The Morgan fingerprint density at radius 2 is 1.94 bits per heavy atom. The van der Waals surface area contributed by atoms with E-state index in [4.69, 9.17) is 10.8 Å². The Balaban J connectivity index is 2.59. The molecule has 0 atom stereocenters. The number of rotatable bonds is 2. The molecule has 2 aromatic rings. The van der Waals surface area contributed by atoms with Gasteiger partial charge in [-0.3, -0.25) is 0 Å². The van der Waals surface area contributed by atoms with Crippen LogP contribution >= 0.6 is 0 Å². The van der Waals surface area contributed by atoms with E-state index in [1.807, 2.05) is 0 Å². The average Bonchev–Trinajstić information content (AvgIpc) is 2.30. The average molecular weight is 216 g/mol. The van der Waals surface area contributed by atoms with E-state index in [1.54, 1.807) is 12.1 Å². The number of carboxylic acids is 1. The smallest absolute Gasteiger partial charge is 0.337 e. The van der Waals surface area contributed by atoms with Crippen LogP contribution in [0.2, 0.25) is 0 Å². The first-order valence-electron chi connectivity index (χ1n) is 4.44. The highest BCUT2D eigenvalue weighted by molar-refractivity contribution is 5.97. The summed E-state index contributed by atoms with van der Waals surface area (Å²) in [6, 6.07) is 4.69. The highest BCUT2D eigenvalue weighted by Crippen LogP contribution is 2.25. The van der Waals surface area contributed by atoms with Gasteiger partial charge in [-0.1, -0.05) is 6.07 Å². The lowest BCUT2D eigenvalue weighted by Crippen LogP contribution is -2.04. The van der Waals surface area contributed by atoms with Crippen molar-refractivity contribution in [2.75, 3.05) is 5.73 Å². The zero-order chi connectivity index (χ0) is 11.5. The van der Waals surface area contributed by atoms with E-state index in [-0.39, 0.29) is 11.3 Å². The third-order valence-electron chi connectivity index (χ3n) is 2.07. The standard InChI is InChI=1S/C10H8N4O2/c11-8-6(9-13-4-12-5-14-9)2-1-3-7(8)10(15)16/h1-5H,11H2,(H,15,16). The van der Waals surface area contributed by atoms with Crippen LogP contribution in [0.3, 0.4) is 0 Å². The second kappa shape index (κ2) is 3.93. The fourth-order valence-electron chi connectivity index (χ4n) is 1.32. The van der Waals surface area contributed by atoms with Crippen LogP contribution in [0.25, 0.3) is 11.4 Å². The summed E-state index contributed by atoms with van der Waals surface area (Å²) < 4.78 is 0. The van der Waals surface area contributed by atoms with Crippen molar-refractivity contribution in [2.24, 2.45) is 0 Å². The molecule has 0 radical (unpaired) electrons. The summed E-state index contributed by atoms with van der Waals surface area (Å²) in [6.45, 7) is 0. The van der Waals surface area contributed by atoms with Crippen LogP contribution in [0.5, 0.6) is 0 Å². The summed E-state index contributed by atoms with van der Waals surface area (Å²) in [5.74, 6) is -0.719. The third kappa shape index (κ3) is 1.68. The summed E-state index contributed by atoms with van der Waals surface area (Å²) in [5, 5.41) is 8.90. The number of aromatic nitrogens is 3. The second-order valence-corrected chi connectivity index (χ2v) is 3.03. The number of carboxylic acid groups (broad SMARTS) is 1. The Morgan fingerprint density at radius 3 is 2.56 bits per heavy atom. The Labute approximate surface area is 90.8 Å². The van der Waals surface area contributed by atoms with Crippen molar-refractivity contribution in [1.82, 2.24) is 15.0 Å². The van der Waals surface area contributed by atoms with Crippen LogP contribution in [0.4, 0.5) is 5.69 Å². The molecule has 6 nitrogen and oxygen atoms in total. The molecule has 0 bridgehead atoms.